The lowest BCUT2D eigenvalue weighted by molar-refractivity contribution is 0.0519. The second-order valence-electron chi connectivity index (χ2n) is 4.29. The van der Waals surface area contributed by atoms with Crippen molar-refractivity contribution in [2.75, 3.05) is 6.54 Å². The van der Waals surface area contributed by atoms with Crippen LogP contribution in [-0.2, 0) is 0 Å². The zero-order chi connectivity index (χ0) is 12.5. The number of carbonyl (C=O) groups excluding carboxylic acids is 1. The molecule has 2 aromatic rings. The molecule has 0 aliphatic heterocycles. The van der Waals surface area contributed by atoms with Crippen LogP contribution >= 0.6 is 22.7 Å². The molecule has 0 aliphatic carbocycles. The lowest BCUT2D eigenvalue weighted by Gasteiger charge is -2.21. The van der Waals surface area contributed by atoms with Crippen molar-refractivity contribution in [3.05, 3.63) is 22.4 Å². The van der Waals surface area contributed by atoms with Crippen LogP contribution in [-0.4, -0.2) is 23.2 Å². The minimum atomic E-state index is -0.829. The molecule has 2 rings (SSSR count). The fraction of sp³-hybridized carbons (Fsp3) is 0.417. The highest BCUT2D eigenvalue weighted by molar-refractivity contribution is 7.27. The number of amides is 1. The van der Waals surface area contributed by atoms with E-state index in [1.54, 1.807) is 18.3 Å². The Morgan fingerprint density at radius 3 is 2.94 bits per heavy atom. The van der Waals surface area contributed by atoms with Crippen molar-refractivity contribution in [1.29, 1.82) is 0 Å². The molecule has 0 bridgehead atoms. The number of hydrogen-bond donors (Lipinski definition) is 2. The second-order valence-corrected chi connectivity index (χ2v) is 6.32. The highest BCUT2D eigenvalue weighted by Gasteiger charge is 2.19. The monoisotopic (exact) mass is 269 g/mol. The van der Waals surface area contributed by atoms with Crippen molar-refractivity contribution >= 4 is 38.0 Å². The Balaban J connectivity index is 2.03. The van der Waals surface area contributed by atoms with E-state index in [0.717, 1.165) is 9.40 Å². The van der Waals surface area contributed by atoms with Gasteiger partial charge in [0.15, 0.2) is 0 Å². The standard InChI is InChI=1S/C12H15NO2S2/c1-3-12(2,15)7-13-11(14)10-6-9-8(17-10)4-5-16-9/h4-6,15H,3,7H2,1-2H3,(H,13,14). The van der Waals surface area contributed by atoms with Gasteiger partial charge >= 0.3 is 0 Å². The molecule has 0 fully saturated rings. The summed E-state index contributed by atoms with van der Waals surface area (Å²) in [5, 5.41) is 14.6. The van der Waals surface area contributed by atoms with Crippen LogP contribution in [0.3, 0.4) is 0 Å². The van der Waals surface area contributed by atoms with E-state index in [1.807, 2.05) is 24.4 Å². The molecule has 3 nitrogen and oxygen atoms in total. The van der Waals surface area contributed by atoms with Gasteiger partial charge in [-0.2, -0.15) is 0 Å². The van der Waals surface area contributed by atoms with Gasteiger partial charge in [-0.05, 0) is 30.9 Å². The van der Waals surface area contributed by atoms with Crippen LogP contribution in [0.25, 0.3) is 9.40 Å². The van der Waals surface area contributed by atoms with Gasteiger partial charge in [-0.15, -0.1) is 22.7 Å². The highest BCUT2D eigenvalue weighted by atomic mass is 32.1. The first kappa shape index (κ1) is 12.5. The lowest BCUT2D eigenvalue weighted by Crippen LogP contribution is -2.39. The maximum absolute atomic E-state index is 11.9. The molecule has 0 aliphatic rings. The van der Waals surface area contributed by atoms with E-state index in [-0.39, 0.29) is 12.5 Å². The van der Waals surface area contributed by atoms with Crippen LogP contribution < -0.4 is 5.32 Å². The van der Waals surface area contributed by atoms with E-state index in [4.69, 9.17) is 0 Å². The summed E-state index contributed by atoms with van der Waals surface area (Å²) < 4.78 is 2.28. The number of thiophene rings is 2. The number of carbonyl (C=O) groups is 1. The molecular weight excluding hydrogens is 254 g/mol. The zero-order valence-corrected chi connectivity index (χ0v) is 11.5. The molecule has 5 heteroatoms. The summed E-state index contributed by atoms with van der Waals surface area (Å²) in [5.74, 6) is -0.105. The third kappa shape index (κ3) is 2.86. The van der Waals surface area contributed by atoms with Crippen molar-refractivity contribution in [2.45, 2.75) is 25.9 Å². The average Bonchev–Trinajstić information content (AvgIpc) is 2.86. The quantitative estimate of drug-likeness (QED) is 0.896. The van der Waals surface area contributed by atoms with Gasteiger partial charge in [0.1, 0.15) is 0 Å². The molecule has 0 spiro atoms. The number of nitrogens with one attached hydrogen (secondary N) is 1. The van der Waals surface area contributed by atoms with Crippen LogP contribution in [0.4, 0.5) is 0 Å². The topological polar surface area (TPSA) is 49.3 Å². The van der Waals surface area contributed by atoms with Crippen molar-refractivity contribution in [3.63, 3.8) is 0 Å². The van der Waals surface area contributed by atoms with Gasteiger partial charge in [0.2, 0.25) is 0 Å². The Labute approximate surface area is 108 Å². The summed E-state index contributed by atoms with van der Waals surface area (Å²) in [6.45, 7) is 3.90. The summed E-state index contributed by atoms with van der Waals surface area (Å²) in [6.07, 6.45) is 0.618. The molecule has 0 saturated heterocycles. The molecule has 92 valence electrons. The Morgan fingerprint density at radius 2 is 2.29 bits per heavy atom. The summed E-state index contributed by atoms with van der Waals surface area (Å²) >= 11 is 3.12. The van der Waals surface area contributed by atoms with E-state index in [2.05, 4.69) is 5.32 Å². The molecule has 0 radical (unpaired) electrons. The third-order valence-corrected chi connectivity index (χ3v) is 4.85. The number of aliphatic hydroxyl groups is 1. The Kier molecular flexibility index (Phi) is 3.51. The molecule has 1 atom stereocenters. The van der Waals surface area contributed by atoms with Gasteiger partial charge in [-0.1, -0.05) is 6.92 Å². The van der Waals surface area contributed by atoms with E-state index in [9.17, 15) is 9.90 Å². The average molecular weight is 269 g/mol. The molecule has 2 aromatic heterocycles. The van der Waals surface area contributed by atoms with Gasteiger partial charge in [-0.25, -0.2) is 0 Å². The summed E-state index contributed by atoms with van der Waals surface area (Å²) in [5.41, 5.74) is -0.829. The molecular formula is C12H15NO2S2. The molecule has 17 heavy (non-hydrogen) atoms. The van der Waals surface area contributed by atoms with Gasteiger partial charge in [-0.3, -0.25) is 4.79 Å². The van der Waals surface area contributed by atoms with Crippen molar-refractivity contribution in [2.24, 2.45) is 0 Å². The Morgan fingerprint density at radius 1 is 1.53 bits per heavy atom. The van der Waals surface area contributed by atoms with Crippen LogP contribution in [0, 0.1) is 0 Å². The Hall–Kier alpha value is -0.910. The fourth-order valence-electron chi connectivity index (χ4n) is 1.36. The maximum atomic E-state index is 11.9. The SMILES string of the molecule is CCC(C)(O)CNC(=O)c1cc2sccc2s1. The predicted molar refractivity (Wildman–Crippen MR) is 73.0 cm³/mol. The minimum Gasteiger partial charge on any atom is -0.388 e. The maximum Gasteiger partial charge on any atom is 0.261 e. The number of rotatable bonds is 4. The first-order valence-electron chi connectivity index (χ1n) is 5.49. The third-order valence-electron chi connectivity index (χ3n) is 2.75. The van der Waals surface area contributed by atoms with Crippen LogP contribution in [0.5, 0.6) is 0 Å². The lowest BCUT2D eigenvalue weighted by atomic mass is 10.0. The van der Waals surface area contributed by atoms with E-state index in [0.29, 0.717) is 11.3 Å². The molecule has 1 amide bonds. The summed E-state index contributed by atoms with van der Waals surface area (Å²) in [7, 11) is 0. The van der Waals surface area contributed by atoms with E-state index in [1.165, 1.54) is 11.3 Å². The predicted octanol–water partition coefficient (Wildman–Crippen LogP) is 2.85. The highest BCUT2D eigenvalue weighted by Crippen LogP contribution is 2.29. The smallest absolute Gasteiger partial charge is 0.261 e. The van der Waals surface area contributed by atoms with Gasteiger partial charge < -0.3 is 10.4 Å². The first-order valence-corrected chi connectivity index (χ1v) is 7.19. The normalized spacial score (nSPS) is 14.8. The Bertz CT molecular complexity index is 499. The van der Waals surface area contributed by atoms with Crippen molar-refractivity contribution in [1.82, 2.24) is 5.32 Å². The summed E-state index contributed by atoms with van der Waals surface area (Å²) in [4.78, 5) is 12.6. The van der Waals surface area contributed by atoms with Crippen molar-refractivity contribution in [3.8, 4) is 0 Å². The number of fused-ring (bicyclic) bond motifs is 1. The molecule has 2 N–H and O–H groups in total. The van der Waals surface area contributed by atoms with Gasteiger partial charge in [0.25, 0.3) is 5.91 Å². The molecule has 0 aromatic carbocycles. The molecule has 2 heterocycles. The fourth-order valence-corrected chi connectivity index (χ4v) is 3.39. The van der Waals surface area contributed by atoms with Gasteiger partial charge in [0.05, 0.1) is 10.5 Å². The zero-order valence-electron chi connectivity index (χ0n) is 9.82. The van der Waals surface area contributed by atoms with Crippen LogP contribution in [0.15, 0.2) is 17.5 Å². The van der Waals surface area contributed by atoms with Crippen molar-refractivity contribution < 1.29 is 9.90 Å². The minimum absolute atomic E-state index is 0.105. The van der Waals surface area contributed by atoms with E-state index >= 15 is 0 Å². The molecule has 0 saturated carbocycles. The number of hydrogen-bond acceptors (Lipinski definition) is 4. The van der Waals surface area contributed by atoms with Gasteiger partial charge in [0, 0.05) is 15.9 Å². The van der Waals surface area contributed by atoms with Crippen LogP contribution in [0.2, 0.25) is 0 Å². The molecule has 1 unspecified atom stereocenters. The first-order chi connectivity index (χ1) is 8.02. The van der Waals surface area contributed by atoms with E-state index < -0.39 is 5.60 Å². The second kappa shape index (κ2) is 4.76. The largest absolute Gasteiger partial charge is 0.388 e. The van der Waals surface area contributed by atoms with Crippen LogP contribution in [0.1, 0.15) is 29.9 Å². The summed E-state index contributed by atoms with van der Waals surface area (Å²) in [6, 6.07) is 3.92.